The molecule has 204 valence electrons. The minimum Gasteiger partial charge on any atom is -0.388 e. The van der Waals surface area contributed by atoms with E-state index in [1.54, 1.807) is 4.90 Å². The van der Waals surface area contributed by atoms with E-state index in [-0.39, 0.29) is 37.3 Å². The monoisotopic (exact) mass is 569 g/mol. The first-order valence-corrected chi connectivity index (χ1v) is 15.0. The fourth-order valence-corrected chi connectivity index (χ4v) is 7.71. The first-order valence-electron chi connectivity index (χ1n) is 13.2. The highest BCUT2D eigenvalue weighted by Gasteiger charge is 2.46. The van der Waals surface area contributed by atoms with Gasteiger partial charge in [0.2, 0.25) is 11.8 Å². The highest BCUT2D eigenvalue weighted by atomic mass is 32.1. The van der Waals surface area contributed by atoms with Gasteiger partial charge < -0.3 is 10.0 Å². The predicted molar refractivity (Wildman–Crippen MR) is 149 cm³/mol. The number of amides is 1. The lowest BCUT2D eigenvalue weighted by Crippen LogP contribution is -2.52. The third kappa shape index (κ3) is 5.17. The lowest BCUT2D eigenvalue weighted by molar-refractivity contribution is -0.145. The maximum atomic E-state index is 14.3. The Morgan fingerprint density at radius 3 is 2.59 bits per heavy atom. The Labute approximate surface area is 232 Å². The summed E-state index contributed by atoms with van der Waals surface area (Å²) in [6, 6.07) is 11.6. The number of aromatic nitrogens is 2. The van der Waals surface area contributed by atoms with Crippen LogP contribution in [0.15, 0.2) is 63.7 Å². The molecule has 1 N–H and O–H groups in total. The Kier molecular flexibility index (Phi) is 6.89. The Morgan fingerprint density at radius 1 is 1.10 bits per heavy atom. The van der Waals surface area contributed by atoms with Gasteiger partial charge in [0, 0.05) is 43.1 Å². The molecule has 2 fully saturated rings. The first kappa shape index (κ1) is 26.3. The summed E-state index contributed by atoms with van der Waals surface area (Å²) in [5, 5.41) is 17.4. The lowest BCUT2D eigenvalue weighted by Gasteiger charge is -2.42. The maximum absolute atomic E-state index is 14.3. The van der Waals surface area contributed by atoms with Crippen LogP contribution in [-0.4, -0.2) is 50.1 Å². The second-order valence-electron chi connectivity index (χ2n) is 10.8. The molecule has 0 bridgehead atoms. The smallest absolute Gasteiger partial charge is 0.262 e. The summed E-state index contributed by atoms with van der Waals surface area (Å²) in [5.41, 5.74) is 1.09. The van der Waals surface area contributed by atoms with Gasteiger partial charge in [-0.25, -0.2) is 13.8 Å². The third-order valence-electron chi connectivity index (χ3n) is 8.20. The molecule has 6 rings (SSSR count). The van der Waals surface area contributed by atoms with Gasteiger partial charge in [0.1, 0.15) is 0 Å². The quantitative estimate of drug-likeness (QED) is 0.332. The molecule has 4 aromatic rings. The van der Waals surface area contributed by atoms with Crippen molar-refractivity contribution in [3.63, 3.8) is 0 Å². The van der Waals surface area contributed by atoms with Gasteiger partial charge in [-0.1, -0.05) is 30.3 Å². The molecule has 2 unspecified atom stereocenters. The van der Waals surface area contributed by atoms with Crippen LogP contribution in [0.4, 0.5) is 8.78 Å². The molecule has 3 aromatic heterocycles. The molecule has 1 aromatic carbocycles. The molecule has 1 aliphatic carbocycles. The van der Waals surface area contributed by atoms with E-state index in [0.717, 1.165) is 16.0 Å². The molecule has 0 spiro atoms. The summed E-state index contributed by atoms with van der Waals surface area (Å²) in [7, 11) is 0. The number of nitrogens with zero attached hydrogens (tertiary/aromatic N) is 3. The van der Waals surface area contributed by atoms with Gasteiger partial charge in [0.05, 0.1) is 34.3 Å². The normalized spacial score (nSPS) is 22.7. The summed E-state index contributed by atoms with van der Waals surface area (Å²) in [5.74, 6) is -3.87. The molecule has 2 atom stereocenters. The number of aliphatic hydroxyl groups is 1. The summed E-state index contributed by atoms with van der Waals surface area (Å²) in [4.78, 5) is 34.0. The Hall–Kier alpha value is -2.95. The van der Waals surface area contributed by atoms with Crippen molar-refractivity contribution < 1.29 is 18.7 Å². The number of likely N-dealkylation sites (tertiary alicyclic amines) is 1. The highest BCUT2D eigenvalue weighted by Crippen LogP contribution is 2.46. The van der Waals surface area contributed by atoms with Crippen LogP contribution in [0.1, 0.15) is 43.6 Å². The van der Waals surface area contributed by atoms with Crippen molar-refractivity contribution in [2.45, 2.75) is 56.1 Å². The lowest BCUT2D eigenvalue weighted by atomic mass is 9.73. The van der Waals surface area contributed by atoms with Crippen molar-refractivity contribution in [2.75, 3.05) is 13.1 Å². The number of alkyl halides is 2. The number of benzene rings is 1. The van der Waals surface area contributed by atoms with Crippen LogP contribution in [0.25, 0.3) is 21.3 Å². The van der Waals surface area contributed by atoms with E-state index in [4.69, 9.17) is 0 Å². The van der Waals surface area contributed by atoms with E-state index in [1.807, 2.05) is 52.5 Å². The fraction of sp³-hybridized carbons (Fsp3) is 0.414. The number of thiophene rings is 2. The van der Waals surface area contributed by atoms with E-state index in [1.165, 1.54) is 33.6 Å². The van der Waals surface area contributed by atoms with Crippen LogP contribution in [0.3, 0.4) is 0 Å². The second-order valence-corrected chi connectivity index (χ2v) is 12.4. The fourth-order valence-electron chi connectivity index (χ4n) is 5.99. The standard InChI is InChI=1S/C29H29F2N3O3S2/c30-29(31)8-6-21(22(14-29)20-7-13-38-15-20)26(35)33-11-9-28(37,10-12-33)17-34-18-32-24-23(27(34)36)16-39-25(24)19-4-2-1-3-5-19/h1-5,7,13,15-16,18,21-22,37H,6,8-12,14,17H2. The van der Waals surface area contributed by atoms with Gasteiger partial charge in [-0.3, -0.25) is 14.2 Å². The van der Waals surface area contributed by atoms with E-state index in [0.29, 0.717) is 36.8 Å². The summed E-state index contributed by atoms with van der Waals surface area (Å²) < 4.78 is 30.0. The van der Waals surface area contributed by atoms with Crippen LogP contribution < -0.4 is 5.56 Å². The molecule has 1 aliphatic heterocycles. The molecule has 1 amide bonds. The number of hydrogen-bond acceptors (Lipinski definition) is 6. The Bertz CT molecular complexity index is 1530. The van der Waals surface area contributed by atoms with Crippen LogP contribution in [-0.2, 0) is 11.3 Å². The average Bonchev–Trinajstić information content (AvgIpc) is 3.61. The van der Waals surface area contributed by atoms with Crippen LogP contribution in [0, 0.1) is 5.92 Å². The van der Waals surface area contributed by atoms with Crippen molar-refractivity contribution in [3.05, 3.63) is 74.8 Å². The summed E-state index contributed by atoms with van der Waals surface area (Å²) in [6.45, 7) is 0.722. The van der Waals surface area contributed by atoms with Crippen molar-refractivity contribution in [1.29, 1.82) is 0 Å². The number of hydrogen-bond donors (Lipinski definition) is 1. The van der Waals surface area contributed by atoms with Crippen LogP contribution in [0.5, 0.6) is 0 Å². The van der Waals surface area contributed by atoms with Gasteiger partial charge in [0.15, 0.2) is 0 Å². The largest absolute Gasteiger partial charge is 0.388 e. The van der Waals surface area contributed by atoms with Gasteiger partial charge in [-0.15, -0.1) is 11.3 Å². The molecule has 2 aliphatic rings. The minimum absolute atomic E-state index is 0.0838. The Balaban J connectivity index is 1.15. The molecule has 6 nitrogen and oxygen atoms in total. The molecular formula is C29H29F2N3O3S2. The SMILES string of the molecule is O=C(C1CCC(F)(F)CC1c1ccsc1)N1CCC(O)(Cn2cnc3c(-c4ccccc4)scc3c2=O)CC1. The van der Waals surface area contributed by atoms with E-state index >= 15 is 0 Å². The second kappa shape index (κ2) is 10.2. The van der Waals surface area contributed by atoms with Gasteiger partial charge in [-0.2, -0.15) is 11.3 Å². The molecule has 1 saturated heterocycles. The number of rotatable bonds is 5. The van der Waals surface area contributed by atoms with Crippen LogP contribution >= 0.6 is 22.7 Å². The number of carbonyl (C=O) groups excluding carboxylic acids is 1. The van der Waals surface area contributed by atoms with Crippen LogP contribution in [0.2, 0.25) is 0 Å². The molecule has 1 saturated carbocycles. The van der Waals surface area contributed by atoms with E-state index in [9.17, 15) is 23.5 Å². The Morgan fingerprint density at radius 2 is 1.87 bits per heavy atom. The molecule has 0 radical (unpaired) electrons. The average molecular weight is 570 g/mol. The first-order chi connectivity index (χ1) is 18.7. The molecular weight excluding hydrogens is 540 g/mol. The van der Waals surface area contributed by atoms with Crippen molar-refractivity contribution in [1.82, 2.24) is 14.5 Å². The number of fused-ring (bicyclic) bond motifs is 1. The number of carbonyl (C=O) groups is 1. The molecule has 4 heterocycles. The molecule has 39 heavy (non-hydrogen) atoms. The summed E-state index contributed by atoms with van der Waals surface area (Å²) >= 11 is 2.92. The van der Waals surface area contributed by atoms with Crippen molar-refractivity contribution >= 4 is 39.5 Å². The topological polar surface area (TPSA) is 75.4 Å². The predicted octanol–water partition coefficient (Wildman–Crippen LogP) is 5.76. The van der Waals surface area contributed by atoms with Gasteiger partial charge in [0.25, 0.3) is 5.56 Å². The van der Waals surface area contributed by atoms with Crippen molar-refractivity contribution in [2.24, 2.45) is 5.92 Å². The third-order valence-corrected chi connectivity index (χ3v) is 9.92. The zero-order valence-electron chi connectivity index (χ0n) is 21.3. The number of halogens is 2. The van der Waals surface area contributed by atoms with Gasteiger partial charge >= 0.3 is 0 Å². The zero-order valence-corrected chi connectivity index (χ0v) is 22.9. The summed E-state index contributed by atoms with van der Waals surface area (Å²) in [6.07, 6.45) is 1.65. The van der Waals surface area contributed by atoms with Gasteiger partial charge in [-0.05, 0) is 47.2 Å². The zero-order chi connectivity index (χ0) is 27.2. The minimum atomic E-state index is -2.77. The number of piperidine rings is 1. The maximum Gasteiger partial charge on any atom is 0.262 e. The van der Waals surface area contributed by atoms with E-state index in [2.05, 4.69) is 4.98 Å². The van der Waals surface area contributed by atoms with Crippen molar-refractivity contribution in [3.8, 4) is 10.4 Å². The van der Waals surface area contributed by atoms with E-state index < -0.39 is 23.4 Å². The highest BCUT2D eigenvalue weighted by molar-refractivity contribution is 7.15. The molecule has 10 heteroatoms.